The number of nitrogens with zero attached hydrogens (tertiary/aromatic N) is 3. The van der Waals surface area contributed by atoms with Gasteiger partial charge in [-0.2, -0.15) is 0 Å². The fraction of sp³-hybridized carbons (Fsp3) is 0.500. The van der Waals surface area contributed by atoms with Crippen molar-refractivity contribution in [2.45, 2.75) is 32.2 Å². The van der Waals surface area contributed by atoms with Crippen LogP contribution in [0.4, 0.5) is 0 Å². The van der Waals surface area contributed by atoms with E-state index in [1.54, 1.807) is 0 Å². The van der Waals surface area contributed by atoms with Crippen LogP contribution in [0.15, 0.2) is 28.9 Å². The van der Waals surface area contributed by atoms with E-state index in [0.29, 0.717) is 5.92 Å². The summed E-state index contributed by atoms with van der Waals surface area (Å²) in [4.78, 5) is 0. The van der Waals surface area contributed by atoms with Gasteiger partial charge >= 0.3 is 0 Å². The third kappa shape index (κ3) is 2.90. The highest BCUT2D eigenvalue weighted by atomic mass is 79.9. The second-order valence-corrected chi connectivity index (χ2v) is 6.51. The van der Waals surface area contributed by atoms with Gasteiger partial charge in [0.2, 0.25) is 0 Å². The number of fused-ring (bicyclic) bond motifs is 1. The number of benzene rings is 1. The Bertz CT molecular complexity index is 578. The lowest BCUT2D eigenvalue weighted by molar-refractivity contribution is 0.355. The van der Waals surface area contributed by atoms with Crippen molar-refractivity contribution in [1.82, 2.24) is 20.3 Å². The minimum Gasteiger partial charge on any atom is -0.308 e. The Morgan fingerprint density at radius 1 is 1.33 bits per heavy atom. The molecular formula is C16H21BrN4. The molecule has 0 amide bonds. The Morgan fingerprint density at radius 3 is 2.52 bits per heavy atom. The first-order valence-electron chi connectivity index (χ1n) is 7.56. The van der Waals surface area contributed by atoms with E-state index >= 15 is 0 Å². The molecule has 0 radical (unpaired) electrons. The number of halogens is 1. The highest BCUT2D eigenvalue weighted by Crippen LogP contribution is 2.36. The summed E-state index contributed by atoms with van der Waals surface area (Å²) in [6.45, 7) is 3.21. The number of nitrogens with one attached hydrogen (secondary N) is 1. The third-order valence-corrected chi connectivity index (χ3v) is 4.85. The molecule has 1 aliphatic carbocycles. The van der Waals surface area contributed by atoms with E-state index in [-0.39, 0.29) is 6.04 Å². The summed E-state index contributed by atoms with van der Waals surface area (Å²) >= 11 is 3.56. The highest BCUT2D eigenvalue weighted by Gasteiger charge is 2.32. The lowest BCUT2D eigenvalue weighted by Gasteiger charge is -2.25. The summed E-state index contributed by atoms with van der Waals surface area (Å²) in [5.41, 5.74) is 4.12. The maximum absolute atomic E-state index is 4.16. The number of rotatable bonds is 5. The van der Waals surface area contributed by atoms with Crippen LogP contribution in [0.3, 0.4) is 0 Å². The Kier molecular flexibility index (Phi) is 4.40. The first-order chi connectivity index (χ1) is 10.2. The molecule has 0 saturated carbocycles. The van der Waals surface area contributed by atoms with Gasteiger partial charge in [-0.3, -0.25) is 0 Å². The van der Waals surface area contributed by atoms with Gasteiger partial charge < -0.3 is 5.32 Å². The molecule has 1 aliphatic rings. The molecule has 0 aliphatic heterocycles. The van der Waals surface area contributed by atoms with Crippen LogP contribution in [0.2, 0.25) is 0 Å². The third-order valence-electron chi connectivity index (χ3n) is 4.29. The van der Waals surface area contributed by atoms with Crippen LogP contribution in [0.5, 0.6) is 0 Å². The molecule has 1 unspecified atom stereocenters. The molecule has 5 heteroatoms. The molecule has 0 fully saturated rings. The van der Waals surface area contributed by atoms with E-state index in [4.69, 9.17) is 0 Å². The SMILES string of the molecule is CCCNC(c1c(Br)nnn1C)C1Cc2ccccc2C1. The lowest BCUT2D eigenvalue weighted by Crippen LogP contribution is -2.31. The summed E-state index contributed by atoms with van der Waals surface area (Å²) < 4.78 is 2.75. The Hall–Kier alpha value is -1.20. The molecule has 112 valence electrons. The van der Waals surface area contributed by atoms with Crippen molar-refractivity contribution < 1.29 is 0 Å². The van der Waals surface area contributed by atoms with Gasteiger partial charge in [-0.1, -0.05) is 36.4 Å². The lowest BCUT2D eigenvalue weighted by atomic mass is 9.94. The number of hydrogen-bond acceptors (Lipinski definition) is 3. The molecule has 21 heavy (non-hydrogen) atoms. The second kappa shape index (κ2) is 6.28. The van der Waals surface area contributed by atoms with Crippen LogP contribution in [-0.2, 0) is 19.9 Å². The number of aromatic nitrogens is 3. The van der Waals surface area contributed by atoms with E-state index in [1.807, 2.05) is 11.7 Å². The summed E-state index contributed by atoms with van der Waals surface area (Å²) in [6.07, 6.45) is 3.36. The Morgan fingerprint density at radius 2 is 2.00 bits per heavy atom. The first-order valence-corrected chi connectivity index (χ1v) is 8.35. The largest absolute Gasteiger partial charge is 0.308 e. The summed E-state index contributed by atoms with van der Waals surface area (Å²) in [6, 6.07) is 9.06. The van der Waals surface area contributed by atoms with Gasteiger partial charge in [0.05, 0.1) is 11.7 Å². The first kappa shape index (κ1) is 14.7. The van der Waals surface area contributed by atoms with Crippen LogP contribution in [0, 0.1) is 5.92 Å². The average molecular weight is 349 g/mol. The smallest absolute Gasteiger partial charge is 0.153 e. The van der Waals surface area contributed by atoms with Gasteiger partial charge in [0.15, 0.2) is 4.60 Å². The fourth-order valence-electron chi connectivity index (χ4n) is 3.28. The van der Waals surface area contributed by atoms with Gasteiger partial charge in [0.1, 0.15) is 0 Å². The molecule has 2 aromatic rings. The molecule has 0 spiro atoms. The molecule has 1 N–H and O–H groups in total. The van der Waals surface area contributed by atoms with E-state index in [2.05, 4.69) is 62.7 Å². The van der Waals surface area contributed by atoms with Gasteiger partial charge in [0, 0.05) is 7.05 Å². The highest BCUT2D eigenvalue weighted by molar-refractivity contribution is 9.10. The quantitative estimate of drug-likeness (QED) is 0.902. The van der Waals surface area contributed by atoms with Crippen LogP contribution >= 0.6 is 15.9 Å². The number of aryl methyl sites for hydroxylation is 1. The minimum atomic E-state index is 0.284. The van der Waals surface area contributed by atoms with Crippen LogP contribution in [-0.4, -0.2) is 21.5 Å². The maximum atomic E-state index is 4.16. The Labute approximate surface area is 134 Å². The monoisotopic (exact) mass is 348 g/mol. The van der Waals surface area contributed by atoms with Gasteiger partial charge in [-0.05, 0) is 58.8 Å². The summed E-state index contributed by atoms with van der Waals surface area (Å²) in [5, 5.41) is 12.0. The predicted molar refractivity (Wildman–Crippen MR) is 87.1 cm³/mol. The predicted octanol–water partition coefficient (Wildman–Crippen LogP) is 3.03. The number of hydrogen-bond donors (Lipinski definition) is 1. The molecule has 1 aromatic heterocycles. The van der Waals surface area contributed by atoms with Crippen molar-refractivity contribution in [1.29, 1.82) is 0 Å². The molecular weight excluding hydrogens is 328 g/mol. The molecule has 1 atom stereocenters. The maximum Gasteiger partial charge on any atom is 0.153 e. The average Bonchev–Trinajstić information content (AvgIpc) is 3.05. The minimum absolute atomic E-state index is 0.284. The van der Waals surface area contributed by atoms with Crippen molar-refractivity contribution in [3.05, 3.63) is 45.7 Å². The summed E-state index contributed by atoms with van der Waals surface area (Å²) in [7, 11) is 1.97. The normalized spacial score (nSPS) is 16.1. The van der Waals surface area contributed by atoms with E-state index in [1.165, 1.54) is 11.1 Å². The standard InChI is InChI=1S/C16H21BrN4/c1-3-8-18-14(15-16(17)19-20-21(15)2)13-9-11-6-4-5-7-12(11)10-13/h4-7,13-14,18H,3,8-10H2,1-2H3. The van der Waals surface area contributed by atoms with Crippen LogP contribution < -0.4 is 5.32 Å². The van der Waals surface area contributed by atoms with Crippen LogP contribution in [0.25, 0.3) is 0 Å². The molecule has 1 heterocycles. The van der Waals surface area contributed by atoms with E-state index in [0.717, 1.165) is 36.1 Å². The summed E-state index contributed by atoms with van der Waals surface area (Å²) in [5.74, 6) is 0.558. The van der Waals surface area contributed by atoms with Gasteiger partial charge in [-0.15, -0.1) is 5.10 Å². The van der Waals surface area contributed by atoms with Crippen molar-refractivity contribution in [3.63, 3.8) is 0 Å². The molecule has 3 rings (SSSR count). The zero-order valence-corrected chi connectivity index (χ0v) is 14.1. The topological polar surface area (TPSA) is 42.7 Å². The van der Waals surface area contributed by atoms with Crippen molar-refractivity contribution in [2.24, 2.45) is 13.0 Å². The second-order valence-electron chi connectivity index (χ2n) is 5.76. The Balaban J connectivity index is 1.88. The van der Waals surface area contributed by atoms with E-state index in [9.17, 15) is 0 Å². The molecule has 1 aromatic carbocycles. The molecule has 0 saturated heterocycles. The van der Waals surface area contributed by atoms with Gasteiger partial charge in [0.25, 0.3) is 0 Å². The van der Waals surface area contributed by atoms with Gasteiger partial charge in [-0.25, -0.2) is 4.68 Å². The van der Waals surface area contributed by atoms with Crippen molar-refractivity contribution >= 4 is 15.9 Å². The van der Waals surface area contributed by atoms with E-state index < -0.39 is 0 Å². The van der Waals surface area contributed by atoms with Crippen molar-refractivity contribution in [3.8, 4) is 0 Å². The zero-order chi connectivity index (χ0) is 14.8. The zero-order valence-electron chi connectivity index (χ0n) is 12.5. The van der Waals surface area contributed by atoms with Crippen molar-refractivity contribution in [2.75, 3.05) is 6.54 Å². The van der Waals surface area contributed by atoms with Crippen LogP contribution in [0.1, 0.15) is 36.2 Å². The fourth-order valence-corrected chi connectivity index (χ4v) is 3.86. The molecule has 4 nitrogen and oxygen atoms in total. The molecule has 0 bridgehead atoms.